The lowest BCUT2D eigenvalue weighted by atomic mass is 10.2. The molecule has 1 aromatic carbocycles. The van der Waals surface area contributed by atoms with E-state index in [1.54, 1.807) is 40.9 Å². The number of anilines is 1. The van der Waals surface area contributed by atoms with Crippen molar-refractivity contribution in [1.82, 2.24) is 35.3 Å². The van der Waals surface area contributed by atoms with E-state index in [2.05, 4.69) is 49.7 Å². The Morgan fingerprint density at radius 1 is 1.21 bits per heavy atom. The maximum absolute atomic E-state index is 12.4. The highest BCUT2D eigenvalue weighted by atomic mass is 16.7. The third kappa shape index (κ3) is 8.56. The molecular formula is C27H36N8O4. The van der Waals surface area contributed by atoms with Crippen molar-refractivity contribution in [2.45, 2.75) is 65.5 Å². The van der Waals surface area contributed by atoms with Gasteiger partial charge in [-0.05, 0) is 57.9 Å². The summed E-state index contributed by atoms with van der Waals surface area (Å²) >= 11 is 0. The molecule has 0 aliphatic carbocycles. The number of aromatic nitrogens is 5. The molecule has 1 atom stereocenters. The van der Waals surface area contributed by atoms with Crippen molar-refractivity contribution in [3.63, 3.8) is 0 Å². The predicted octanol–water partition coefficient (Wildman–Crippen LogP) is 3.39. The Kier molecular flexibility index (Phi) is 10.0. The summed E-state index contributed by atoms with van der Waals surface area (Å²) in [5.41, 5.74) is 1.41. The second kappa shape index (κ2) is 13.4. The summed E-state index contributed by atoms with van der Waals surface area (Å²) in [5, 5.41) is 14.2. The Bertz CT molecular complexity index is 1340. The normalized spacial score (nSPS) is 11.7. The van der Waals surface area contributed by atoms with E-state index in [4.69, 9.17) is 9.57 Å². The Balaban J connectivity index is 1.54. The number of nitrogens with zero attached hydrogens (tertiary/aromatic N) is 6. The molecule has 3 aromatic rings. The summed E-state index contributed by atoms with van der Waals surface area (Å²) in [6.45, 7) is 10.2. The zero-order chi connectivity index (χ0) is 28.4. The summed E-state index contributed by atoms with van der Waals surface area (Å²) in [6.07, 6.45) is 3.15. The number of carbonyl (C=O) groups excluding carboxylic acids is 2. The molecule has 2 heterocycles. The van der Waals surface area contributed by atoms with Gasteiger partial charge in [0.25, 0.3) is 0 Å². The quantitative estimate of drug-likeness (QED) is 0.295. The van der Waals surface area contributed by atoms with Crippen molar-refractivity contribution in [2.75, 3.05) is 25.5 Å². The number of nitrogens with one attached hydrogen (secondary N) is 2. The molecule has 0 saturated heterocycles. The fourth-order valence-corrected chi connectivity index (χ4v) is 3.23. The van der Waals surface area contributed by atoms with E-state index in [1.165, 1.54) is 9.75 Å². The molecule has 2 amide bonds. The van der Waals surface area contributed by atoms with Crippen LogP contribution in [-0.2, 0) is 9.53 Å². The standard InChI is InChI=1S/C27H36N8O4/c1-7-16-28-23-20(18-30-25(31-23)39-35-22-15-11-10-14-21(22)32-33-35)13-9-8-12-17-29-24(36)19(2)34(6)26(37)38-27(3,4)5/h10-11,14-15,18-19H,7-8,12,16-17H2,1-6H3,(H,29,36)(H,28,30,31)/t19-/m0/s1. The summed E-state index contributed by atoms with van der Waals surface area (Å²) < 4.78 is 5.31. The Labute approximate surface area is 228 Å². The molecule has 0 fully saturated rings. The lowest BCUT2D eigenvalue weighted by Gasteiger charge is -2.28. The van der Waals surface area contributed by atoms with Gasteiger partial charge < -0.3 is 20.2 Å². The van der Waals surface area contributed by atoms with Gasteiger partial charge in [0.2, 0.25) is 5.91 Å². The van der Waals surface area contributed by atoms with Gasteiger partial charge in [0.1, 0.15) is 28.5 Å². The third-order valence-electron chi connectivity index (χ3n) is 5.44. The molecule has 0 aliphatic rings. The van der Waals surface area contributed by atoms with Gasteiger partial charge >= 0.3 is 12.1 Å². The highest BCUT2D eigenvalue weighted by Crippen LogP contribution is 2.17. The topological polar surface area (TPSA) is 136 Å². The largest absolute Gasteiger partial charge is 0.444 e. The molecule has 2 aromatic heterocycles. The number of hydrogen-bond donors (Lipinski definition) is 2. The first-order valence-corrected chi connectivity index (χ1v) is 12.9. The van der Waals surface area contributed by atoms with Gasteiger partial charge in [0.05, 0.1) is 11.8 Å². The Hall–Kier alpha value is -4.40. The predicted molar refractivity (Wildman–Crippen MR) is 147 cm³/mol. The first-order chi connectivity index (χ1) is 18.6. The lowest BCUT2D eigenvalue weighted by Crippen LogP contribution is -2.47. The number of likely N-dealkylation sites (N-methyl/N-ethyl adjacent to an activating group) is 1. The van der Waals surface area contributed by atoms with Crippen molar-refractivity contribution in [3.05, 3.63) is 36.0 Å². The minimum atomic E-state index is -0.661. The summed E-state index contributed by atoms with van der Waals surface area (Å²) in [7, 11) is 1.54. The molecule has 12 nitrogen and oxygen atoms in total. The van der Waals surface area contributed by atoms with Crippen LogP contribution in [-0.4, -0.2) is 73.8 Å². The fourth-order valence-electron chi connectivity index (χ4n) is 3.23. The second-order valence-electron chi connectivity index (χ2n) is 9.85. The summed E-state index contributed by atoms with van der Waals surface area (Å²) in [5.74, 6) is 6.50. The number of fused-ring (bicyclic) bond motifs is 1. The van der Waals surface area contributed by atoms with Crippen LogP contribution in [0.3, 0.4) is 0 Å². The molecule has 0 bridgehead atoms. The average Bonchev–Trinajstić information content (AvgIpc) is 3.30. The first kappa shape index (κ1) is 29.2. The van der Waals surface area contributed by atoms with Crippen LogP contribution < -0.4 is 15.5 Å². The molecule has 12 heteroatoms. The van der Waals surface area contributed by atoms with Crippen LogP contribution in [0.2, 0.25) is 0 Å². The van der Waals surface area contributed by atoms with E-state index in [1.807, 2.05) is 24.3 Å². The van der Waals surface area contributed by atoms with Gasteiger partial charge in [-0.2, -0.15) is 4.98 Å². The Morgan fingerprint density at radius 3 is 2.72 bits per heavy atom. The molecule has 0 spiro atoms. The maximum Gasteiger partial charge on any atom is 0.410 e. The number of benzene rings is 1. The zero-order valence-electron chi connectivity index (χ0n) is 23.3. The van der Waals surface area contributed by atoms with Crippen LogP contribution >= 0.6 is 0 Å². The number of rotatable bonds is 10. The maximum atomic E-state index is 12.4. The number of amides is 2. The molecule has 39 heavy (non-hydrogen) atoms. The van der Waals surface area contributed by atoms with Crippen LogP contribution in [0, 0.1) is 11.8 Å². The molecule has 0 saturated carbocycles. The molecule has 2 N–H and O–H groups in total. The summed E-state index contributed by atoms with van der Waals surface area (Å²) in [4.78, 5) is 41.6. The first-order valence-electron chi connectivity index (χ1n) is 12.9. The third-order valence-corrected chi connectivity index (χ3v) is 5.44. The minimum absolute atomic E-state index is 0.114. The highest BCUT2D eigenvalue weighted by molar-refractivity contribution is 5.85. The van der Waals surface area contributed by atoms with Crippen LogP contribution in [0.25, 0.3) is 11.0 Å². The van der Waals surface area contributed by atoms with Gasteiger partial charge in [0, 0.05) is 26.6 Å². The van der Waals surface area contributed by atoms with Crippen LogP contribution in [0.4, 0.5) is 10.6 Å². The SMILES string of the molecule is CCCNc1nc(On2nnc3ccccc32)ncc1C#CCCCNC(=O)[C@H](C)N(C)C(=O)OC(C)(C)C. The monoisotopic (exact) mass is 536 g/mol. The number of unbranched alkanes of at least 4 members (excludes halogenated alkanes) is 1. The van der Waals surface area contributed by atoms with E-state index < -0.39 is 17.7 Å². The van der Waals surface area contributed by atoms with E-state index in [9.17, 15) is 9.59 Å². The molecule has 0 aliphatic heterocycles. The van der Waals surface area contributed by atoms with Crippen molar-refractivity contribution in [1.29, 1.82) is 0 Å². The van der Waals surface area contributed by atoms with E-state index >= 15 is 0 Å². The van der Waals surface area contributed by atoms with Gasteiger partial charge in [-0.3, -0.25) is 9.69 Å². The van der Waals surface area contributed by atoms with Crippen molar-refractivity contribution < 1.29 is 19.2 Å². The van der Waals surface area contributed by atoms with Gasteiger partial charge in [0.15, 0.2) is 0 Å². The van der Waals surface area contributed by atoms with Crippen molar-refractivity contribution >= 4 is 28.9 Å². The molecule has 0 unspecified atom stereocenters. The number of para-hydroxylation sites is 1. The molecular weight excluding hydrogens is 500 g/mol. The van der Waals surface area contributed by atoms with E-state index in [0.29, 0.717) is 48.3 Å². The number of carbonyl (C=O) groups is 2. The zero-order valence-corrected chi connectivity index (χ0v) is 23.3. The van der Waals surface area contributed by atoms with Crippen LogP contribution in [0.15, 0.2) is 30.5 Å². The van der Waals surface area contributed by atoms with Crippen LogP contribution in [0.5, 0.6) is 6.01 Å². The summed E-state index contributed by atoms with van der Waals surface area (Å²) in [6, 6.07) is 6.87. The smallest absolute Gasteiger partial charge is 0.410 e. The van der Waals surface area contributed by atoms with E-state index in [0.717, 1.165) is 6.42 Å². The van der Waals surface area contributed by atoms with Crippen molar-refractivity contribution in [3.8, 4) is 17.9 Å². The van der Waals surface area contributed by atoms with Gasteiger partial charge in [-0.25, -0.2) is 9.78 Å². The van der Waals surface area contributed by atoms with Crippen molar-refractivity contribution in [2.24, 2.45) is 0 Å². The number of hydrogen-bond acceptors (Lipinski definition) is 9. The van der Waals surface area contributed by atoms with E-state index in [-0.39, 0.29) is 11.9 Å². The lowest BCUT2D eigenvalue weighted by molar-refractivity contribution is -0.125. The van der Waals surface area contributed by atoms with Crippen LogP contribution in [0.1, 0.15) is 59.4 Å². The highest BCUT2D eigenvalue weighted by Gasteiger charge is 2.26. The molecule has 3 rings (SSSR count). The van der Waals surface area contributed by atoms with Gasteiger partial charge in [-0.15, -0.1) is 5.10 Å². The molecule has 208 valence electrons. The number of ether oxygens (including phenoxy) is 1. The second-order valence-corrected chi connectivity index (χ2v) is 9.85. The molecule has 0 radical (unpaired) electrons. The van der Waals surface area contributed by atoms with Gasteiger partial charge in [-0.1, -0.05) is 35.7 Å². The fraction of sp³-hybridized carbons (Fsp3) is 0.481. The Morgan fingerprint density at radius 2 is 1.97 bits per heavy atom. The average molecular weight is 537 g/mol. The minimum Gasteiger partial charge on any atom is -0.444 e.